The molecule has 0 radical (unpaired) electrons. The Kier molecular flexibility index (Phi) is 6.19. The number of thioether (sulfide) groups is 1. The maximum Gasteiger partial charge on any atom is 0.233 e. The van der Waals surface area contributed by atoms with Gasteiger partial charge in [-0.15, -0.1) is 5.10 Å². The molecule has 3 heterocycles. The first-order valence-corrected chi connectivity index (χ1v) is 11.9. The normalized spacial score (nSPS) is 15.8. The number of nitrogens with zero attached hydrogens (tertiary/aromatic N) is 6. The van der Waals surface area contributed by atoms with Gasteiger partial charge in [-0.1, -0.05) is 35.5 Å². The first kappa shape index (κ1) is 21.7. The monoisotopic (exact) mass is 466 g/mol. The fourth-order valence-electron chi connectivity index (χ4n) is 4.13. The number of ether oxygens (including phenoxy) is 2. The molecule has 0 bridgehead atoms. The molecule has 0 spiro atoms. The zero-order valence-corrected chi connectivity index (χ0v) is 19.5. The van der Waals surface area contributed by atoms with Crippen molar-refractivity contribution in [3.63, 3.8) is 0 Å². The molecule has 0 N–H and O–H groups in total. The Hall–Kier alpha value is -3.11. The summed E-state index contributed by atoms with van der Waals surface area (Å²) in [5.74, 6) is 2.03. The zero-order chi connectivity index (χ0) is 22.8. The average Bonchev–Trinajstić information content (AvgIpc) is 3.47. The van der Waals surface area contributed by atoms with E-state index < -0.39 is 0 Å². The van der Waals surface area contributed by atoms with Crippen LogP contribution < -0.4 is 9.47 Å². The molecule has 0 saturated carbocycles. The maximum absolute atomic E-state index is 12.8. The summed E-state index contributed by atoms with van der Waals surface area (Å²) in [5, 5.41) is 12.7. The second kappa shape index (κ2) is 9.40. The molecular formula is C23H26N6O3S. The summed E-state index contributed by atoms with van der Waals surface area (Å²) in [6.07, 6.45) is 0. The van der Waals surface area contributed by atoms with Crippen LogP contribution in [0.1, 0.15) is 16.7 Å². The van der Waals surface area contributed by atoms with E-state index in [1.165, 1.54) is 22.9 Å². The van der Waals surface area contributed by atoms with Crippen molar-refractivity contribution in [2.75, 3.05) is 38.7 Å². The minimum atomic E-state index is 0.109. The number of benzene rings is 2. The highest BCUT2D eigenvalue weighted by Crippen LogP contribution is 2.33. The van der Waals surface area contributed by atoms with E-state index in [2.05, 4.69) is 39.5 Å². The van der Waals surface area contributed by atoms with E-state index in [9.17, 15) is 4.79 Å². The lowest BCUT2D eigenvalue weighted by Crippen LogP contribution is -2.48. The van der Waals surface area contributed by atoms with Crippen molar-refractivity contribution in [1.29, 1.82) is 0 Å². The molecule has 0 unspecified atom stereocenters. The summed E-state index contributed by atoms with van der Waals surface area (Å²) in [4.78, 5) is 17.1. The second-order valence-corrected chi connectivity index (χ2v) is 9.24. The number of tetrazole rings is 1. The maximum atomic E-state index is 12.8. The highest BCUT2D eigenvalue weighted by atomic mass is 32.2. The highest BCUT2D eigenvalue weighted by Gasteiger charge is 2.23. The van der Waals surface area contributed by atoms with Gasteiger partial charge in [0.1, 0.15) is 0 Å². The SMILES string of the molecule is Cc1ccc(-n2nnnc2SCC(=O)N2CCN(Cc3ccc4c(c3)OCO4)CC2)c(C)c1. The van der Waals surface area contributed by atoms with Gasteiger partial charge in [-0.05, 0) is 53.6 Å². The van der Waals surface area contributed by atoms with Crippen molar-refractivity contribution >= 4 is 17.7 Å². The molecule has 2 aliphatic rings. The predicted molar refractivity (Wildman–Crippen MR) is 124 cm³/mol. The van der Waals surface area contributed by atoms with Crippen LogP contribution >= 0.6 is 11.8 Å². The molecule has 1 aromatic heterocycles. The van der Waals surface area contributed by atoms with E-state index >= 15 is 0 Å². The van der Waals surface area contributed by atoms with E-state index in [0.717, 1.165) is 42.4 Å². The number of aromatic nitrogens is 4. The van der Waals surface area contributed by atoms with Gasteiger partial charge in [-0.25, -0.2) is 0 Å². The van der Waals surface area contributed by atoms with E-state index in [4.69, 9.17) is 9.47 Å². The van der Waals surface area contributed by atoms with Crippen LogP contribution in [0.3, 0.4) is 0 Å². The number of aryl methyl sites for hydroxylation is 2. The number of fused-ring (bicyclic) bond motifs is 1. The Morgan fingerprint density at radius 2 is 1.85 bits per heavy atom. The molecule has 0 atom stereocenters. The van der Waals surface area contributed by atoms with Crippen molar-refractivity contribution in [2.24, 2.45) is 0 Å². The number of carbonyl (C=O) groups is 1. The van der Waals surface area contributed by atoms with Crippen molar-refractivity contribution in [2.45, 2.75) is 25.5 Å². The van der Waals surface area contributed by atoms with Gasteiger partial charge in [0.25, 0.3) is 0 Å². The summed E-state index contributed by atoms with van der Waals surface area (Å²) in [7, 11) is 0. The first-order chi connectivity index (χ1) is 16.1. The van der Waals surface area contributed by atoms with Crippen molar-refractivity contribution in [1.82, 2.24) is 30.0 Å². The summed E-state index contributed by atoms with van der Waals surface area (Å²) in [5.41, 5.74) is 4.39. The van der Waals surface area contributed by atoms with Crippen LogP contribution in [0.25, 0.3) is 5.69 Å². The van der Waals surface area contributed by atoms with Gasteiger partial charge in [0.05, 0.1) is 11.4 Å². The van der Waals surface area contributed by atoms with Gasteiger partial charge in [-0.3, -0.25) is 9.69 Å². The topological polar surface area (TPSA) is 85.6 Å². The summed E-state index contributed by atoms with van der Waals surface area (Å²) < 4.78 is 12.6. The Morgan fingerprint density at radius 3 is 2.67 bits per heavy atom. The summed E-state index contributed by atoms with van der Waals surface area (Å²) >= 11 is 1.37. The van der Waals surface area contributed by atoms with Gasteiger partial charge in [0.2, 0.25) is 17.9 Å². The lowest BCUT2D eigenvalue weighted by atomic mass is 10.1. The second-order valence-electron chi connectivity index (χ2n) is 8.30. The van der Waals surface area contributed by atoms with Gasteiger partial charge < -0.3 is 14.4 Å². The zero-order valence-electron chi connectivity index (χ0n) is 18.7. The molecule has 5 rings (SSSR count). The molecule has 1 amide bonds. The number of amides is 1. The smallest absolute Gasteiger partial charge is 0.233 e. The van der Waals surface area contributed by atoms with Crippen LogP contribution in [0, 0.1) is 13.8 Å². The van der Waals surface area contributed by atoms with Crippen molar-refractivity contribution in [3.8, 4) is 17.2 Å². The number of hydrogen-bond acceptors (Lipinski definition) is 8. The third-order valence-electron chi connectivity index (χ3n) is 5.91. The lowest BCUT2D eigenvalue weighted by molar-refractivity contribution is -0.130. The standard InChI is InChI=1S/C23H26N6O3S/c1-16-3-5-19(17(2)11-16)29-23(24-25-26-29)33-14-22(30)28-9-7-27(8-10-28)13-18-4-6-20-21(12-18)32-15-31-20/h3-6,11-12H,7-10,13-15H2,1-2H3. The molecule has 1 saturated heterocycles. The molecule has 2 aromatic carbocycles. The molecule has 9 nitrogen and oxygen atoms in total. The largest absolute Gasteiger partial charge is 0.454 e. The summed E-state index contributed by atoms with van der Waals surface area (Å²) in [6, 6.07) is 12.2. The highest BCUT2D eigenvalue weighted by molar-refractivity contribution is 7.99. The van der Waals surface area contributed by atoms with Gasteiger partial charge in [0, 0.05) is 32.7 Å². The summed E-state index contributed by atoms with van der Waals surface area (Å²) in [6.45, 7) is 8.31. The predicted octanol–water partition coefficient (Wildman–Crippen LogP) is 2.44. The Balaban J connectivity index is 1.13. The van der Waals surface area contributed by atoms with Crippen LogP contribution in [0.2, 0.25) is 0 Å². The molecule has 172 valence electrons. The first-order valence-electron chi connectivity index (χ1n) is 10.9. The molecule has 3 aromatic rings. The molecular weight excluding hydrogens is 440 g/mol. The minimum absolute atomic E-state index is 0.109. The number of rotatable bonds is 6. The number of carbonyl (C=O) groups excluding carboxylic acids is 1. The van der Waals surface area contributed by atoms with Gasteiger partial charge in [0.15, 0.2) is 11.5 Å². The third kappa shape index (κ3) is 4.81. The van der Waals surface area contributed by atoms with E-state index in [1.54, 1.807) is 4.68 Å². The Bertz CT molecular complexity index is 1160. The lowest BCUT2D eigenvalue weighted by Gasteiger charge is -2.34. The van der Waals surface area contributed by atoms with Crippen molar-refractivity contribution < 1.29 is 14.3 Å². The molecule has 2 aliphatic heterocycles. The third-order valence-corrected chi connectivity index (χ3v) is 6.82. The van der Waals surface area contributed by atoms with E-state index in [0.29, 0.717) is 24.0 Å². The van der Waals surface area contributed by atoms with Crippen LogP contribution in [-0.2, 0) is 11.3 Å². The van der Waals surface area contributed by atoms with Gasteiger partial charge in [-0.2, -0.15) is 4.68 Å². The van der Waals surface area contributed by atoms with E-state index in [-0.39, 0.29) is 12.7 Å². The molecule has 33 heavy (non-hydrogen) atoms. The van der Waals surface area contributed by atoms with Crippen LogP contribution in [0.5, 0.6) is 11.5 Å². The van der Waals surface area contributed by atoms with Crippen molar-refractivity contribution in [3.05, 3.63) is 53.1 Å². The molecule has 1 fully saturated rings. The Morgan fingerprint density at radius 1 is 1.03 bits per heavy atom. The van der Waals surface area contributed by atoms with Crippen LogP contribution in [0.15, 0.2) is 41.6 Å². The number of hydrogen-bond donors (Lipinski definition) is 0. The molecule has 10 heteroatoms. The van der Waals surface area contributed by atoms with E-state index in [1.807, 2.05) is 36.1 Å². The average molecular weight is 467 g/mol. The quantitative estimate of drug-likeness (QED) is 0.512. The molecule has 0 aliphatic carbocycles. The van der Waals surface area contributed by atoms with Crippen LogP contribution in [0.4, 0.5) is 0 Å². The fraction of sp³-hybridized carbons (Fsp3) is 0.391. The van der Waals surface area contributed by atoms with Gasteiger partial charge >= 0.3 is 0 Å². The number of piperazine rings is 1. The minimum Gasteiger partial charge on any atom is -0.454 e. The Labute approximate surface area is 196 Å². The van der Waals surface area contributed by atoms with Crippen LogP contribution in [-0.4, -0.2) is 74.6 Å². The fourth-order valence-corrected chi connectivity index (χ4v) is 4.92.